The normalized spacial score (nSPS) is 10.1. The number of phenols is 1. The van der Waals surface area contributed by atoms with Crippen molar-refractivity contribution in [1.29, 1.82) is 0 Å². The molecule has 14 heavy (non-hydrogen) atoms. The SMILES string of the molecule is CCCC(=O)c1ccc(O)c(CCl)c1. The maximum absolute atomic E-state index is 11.5. The molecule has 0 atom stereocenters. The molecule has 2 nitrogen and oxygen atoms in total. The largest absolute Gasteiger partial charge is 0.508 e. The van der Waals surface area contributed by atoms with Crippen molar-refractivity contribution in [3.63, 3.8) is 0 Å². The molecule has 0 aromatic heterocycles. The van der Waals surface area contributed by atoms with Crippen LogP contribution >= 0.6 is 11.6 Å². The molecule has 1 N–H and O–H groups in total. The Labute approximate surface area is 88.5 Å². The molecule has 0 saturated heterocycles. The molecule has 76 valence electrons. The molecule has 1 aromatic rings. The number of carbonyl (C=O) groups is 1. The molecule has 0 unspecified atom stereocenters. The van der Waals surface area contributed by atoms with Crippen LogP contribution in [0.4, 0.5) is 0 Å². The van der Waals surface area contributed by atoms with Gasteiger partial charge in [0.25, 0.3) is 0 Å². The smallest absolute Gasteiger partial charge is 0.162 e. The Morgan fingerprint density at radius 2 is 2.21 bits per heavy atom. The topological polar surface area (TPSA) is 37.3 Å². The molecule has 0 aliphatic heterocycles. The summed E-state index contributed by atoms with van der Waals surface area (Å²) in [6.07, 6.45) is 1.36. The summed E-state index contributed by atoms with van der Waals surface area (Å²) in [5.41, 5.74) is 1.23. The molecule has 1 rings (SSSR count). The number of halogens is 1. The van der Waals surface area contributed by atoms with Crippen molar-refractivity contribution in [2.45, 2.75) is 25.6 Å². The first-order chi connectivity index (χ1) is 6.69. The quantitative estimate of drug-likeness (QED) is 0.615. The monoisotopic (exact) mass is 212 g/mol. The van der Waals surface area contributed by atoms with Gasteiger partial charge in [-0.3, -0.25) is 4.79 Å². The van der Waals surface area contributed by atoms with Crippen LogP contribution in [0.15, 0.2) is 18.2 Å². The molecule has 0 saturated carbocycles. The summed E-state index contributed by atoms with van der Waals surface area (Å²) in [6.45, 7) is 1.96. The van der Waals surface area contributed by atoms with Crippen LogP contribution in [-0.4, -0.2) is 10.9 Å². The third-order valence-electron chi connectivity index (χ3n) is 2.02. The van der Waals surface area contributed by atoms with Gasteiger partial charge in [0.2, 0.25) is 0 Å². The highest BCUT2D eigenvalue weighted by atomic mass is 35.5. The minimum Gasteiger partial charge on any atom is -0.508 e. The average molecular weight is 213 g/mol. The van der Waals surface area contributed by atoms with Crippen LogP contribution in [0.5, 0.6) is 5.75 Å². The highest BCUT2D eigenvalue weighted by Gasteiger charge is 2.07. The van der Waals surface area contributed by atoms with Crippen molar-refractivity contribution in [1.82, 2.24) is 0 Å². The Hall–Kier alpha value is -1.02. The van der Waals surface area contributed by atoms with Gasteiger partial charge in [-0.1, -0.05) is 6.92 Å². The van der Waals surface area contributed by atoms with Gasteiger partial charge in [0.1, 0.15) is 5.75 Å². The third kappa shape index (κ3) is 2.48. The van der Waals surface area contributed by atoms with Crippen LogP contribution in [0.3, 0.4) is 0 Å². The maximum Gasteiger partial charge on any atom is 0.162 e. The first-order valence-corrected chi connectivity index (χ1v) is 5.13. The van der Waals surface area contributed by atoms with Crippen LogP contribution in [0.2, 0.25) is 0 Å². The molecule has 0 bridgehead atoms. The first kappa shape index (κ1) is 11.1. The summed E-state index contributed by atoms with van der Waals surface area (Å²) in [4.78, 5) is 11.5. The van der Waals surface area contributed by atoms with E-state index < -0.39 is 0 Å². The van der Waals surface area contributed by atoms with Crippen molar-refractivity contribution in [2.75, 3.05) is 0 Å². The summed E-state index contributed by atoms with van der Waals surface area (Å²) in [6, 6.07) is 4.80. The number of Topliss-reactive ketones (excluding diaryl/α,β-unsaturated/α-hetero) is 1. The fourth-order valence-electron chi connectivity index (χ4n) is 1.24. The molecule has 0 amide bonds. The van der Waals surface area contributed by atoms with Gasteiger partial charge in [-0.15, -0.1) is 11.6 Å². The van der Waals surface area contributed by atoms with E-state index in [4.69, 9.17) is 11.6 Å². The lowest BCUT2D eigenvalue weighted by Gasteiger charge is -2.03. The zero-order valence-corrected chi connectivity index (χ0v) is 8.84. The standard InChI is InChI=1S/C11H13ClO2/c1-2-3-10(13)8-4-5-11(14)9(6-8)7-12/h4-6,14H,2-3,7H2,1H3. The molecular weight excluding hydrogens is 200 g/mol. The van der Waals surface area contributed by atoms with Crippen LogP contribution < -0.4 is 0 Å². The number of phenolic OH excluding ortho intramolecular Hbond substituents is 1. The Kier molecular flexibility index (Phi) is 3.96. The van der Waals surface area contributed by atoms with Crippen molar-refractivity contribution < 1.29 is 9.90 Å². The molecule has 0 fully saturated rings. The van der Waals surface area contributed by atoms with Gasteiger partial charge in [-0.25, -0.2) is 0 Å². The number of aromatic hydroxyl groups is 1. The lowest BCUT2D eigenvalue weighted by molar-refractivity contribution is 0.0981. The predicted molar refractivity (Wildman–Crippen MR) is 56.9 cm³/mol. The first-order valence-electron chi connectivity index (χ1n) is 4.60. The lowest BCUT2D eigenvalue weighted by atomic mass is 10.0. The second-order valence-corrected chi connectivity index (χ2v) is 3.42. The van der Waals surface area contributed by atoms with Crippen molar-refractivity contribution in [2.24, 2.45) is 0 Å². The van der Waals surface area contributed by atoms with E-state index in [0.717, 1.165) is 6.42 Å². The molecule has 0 aliphatic carbocycles. The van der Waals surface area contributed by atoms with Gasteiger partial charge in [0.15, 0.2) is 5.78 Å². The van der Waals surface area contributed by atoms with Crippen LogP contribution in [0.25, 0.3) is 0 Å². The zero-order chi connectivity index (χ0) is 10.6. The molecule has 0 heterocycles. The highest BCUT2D eigenvalue weighted by molar-refractivity contribution is 6.17. The highest BCUT2D eigenvalue weighted by Crippen LogP contribution is 2.21. The number of ketones is 1. The molecule has 0 aliphatic rings. The van der Waals surface area contributed by atoms with Gasteiger partial charge >= 0.3 is 0 Å². The van der Waals surface area contributed by atoms with Crippen molar-refractivity contribution in [3.05, 3.63) is 29.3 Å². The minimum absolute atomic E-state index is 0.0962. The molecular formula is C11H13ClO2. The average Bonchev–Trinajstić information content (AvgIpc) is 2.19. The van der Waals surface area contributed by atoms with E-state index in [0.29, 0.717) is 17.5 Å². The molecule has 3 heteroatoms. The third-order valence-corrected chi connectivity index (χ3v) is 2.31. The fraction of sp³-hybridized carbons (Fsp3) is 0.364. The van der Waals surface area contributed by atoms with E-state index in [1.165, 1.54) is 6.07 Å². The Balaban J connectivity index is 2.94. The fourth-order valence-corrected chi connectivity index (χ4v) is 1.45. The Bertz CT molecular complexity index is 334. The minimum atomic E-state index is 0.0962. The van der Waals surface area contributed by atoms with E-state index in [1.807, 2.05) is 6.92 Å². The van der Waals surface area contributed by atoms with Crippen LogP contribution in [0.1, 0.15) is 35.7 Å². The second kappa shape index (κ2) is 5.01. The van der Waals surface area contributed by atoms with Crippen LogP contribution in [-0.2, 0) is 5.88 Å². The predicted octanol–water partition coefficient (Wildman–Crippen LogP) is 3.11. The van der Waals surface area contributed by atoms with Gasteiger partial charge in [0.05, 0.1) is 5.88 Å². The summed E-state index contributed by atoms with van der Waals surface area (Å²) in [5.74, 6) is 0.464. The number of carbonyl (C=O) groups excluding carboxylic acids is 1. The number of hydrogen-bond acceptors (Lipinski definition) is 2. The zero-order valence-electron chi connectivity index (χ0n) is 8.09. The van der Waals surface area contributed by atoms with E-state index in [1.54, 1.807) is 12.1 Å². The van der Waals surface area contributed by atoms with Crippen LogP contribution in [0, 0.1) is 0 Å². The molecule has 0 radical (unpaired) electrons. The number of rotatable bonds is 4. The summed E-state index contributed by atoms with van der Waals surface area (Å²) < 4.78 is 0. The lowest BCUT2D eigenvalue weighted by Crippen LogP contribution is -1.98. The van der Waals surface area contributed by atoms with E-state index in [-0.39, 0.29) is 17.4 Å². The number of benzene rings is 1. The van der Waals surface area contributed by atoms with Gasteiger partial charge in [-0.05, 0) is 24.6 Å². The number of hydrogen-bond donors (Lipinski definition) is 1. The van der Waals surface area contributed by atoms with E-state index in [2.05, 4.69) is 0 Å². The van der Waals surface area contributed by atoms with Gasteiger partial charge < -0.3 is 5.11 Å². The number of alkyl halides is 1. The summed E-state index contributed by atoms with van der Waals surface area (Å²) in [7, 11) is 0. The van der Waals surface area contributed by atoms with Crippen molar-refractivity contribution >= 4 is 17.4 Å². The molecule has 0 spiro atoms. The Morgan fingerprint density at radius 3 is 2.79 bits per heavy atom. The Morgan fingerprint density at radius 1 is 1.50 bits per heavy atom. The molecule has 1 aromatic carbocycles. The van der Waals surface area contributed by atoms with Crippen molar-refractivity contribution in [3.8, 4) is 5.75 Å². The van der Waals surface area contributed by atoms with E-state index in [9.17, 15) is 9.90 Å². The maximum atomic E-state index is 11.5. The summed E-state index contributed by atoms with van der Waals surface area (Å²) >= 11 is 5.61. The second-order valence-electron chi connectivity index (χ2n) is 3.15. The van der Waals surface area contributed by atoms with Gasteiger partial charge in [-0.2, -0.15) is 0 Å². The van der Waals surface area contributed by atoms with E-state index >= 15 is 0 Å². The summed E-state index contributed by atoms with van der Waals surface area (Å²) in [5, 5.41) is 9.35. The van der Waals surface area contributed by atoms with Gasteiger partial charge in [0, 0.05) is 17.5 Å².